The summed E-state index contributed by atoms with van der Waals surface area (Å²) in [4.78, 5) is 0. The highest BCUT2D eigenvalue weighted by atomic mass is 32.2. The Morgan fingerprint density at radius 3 is 2.82 bits per heavy atom. The van der Waals surface area contributed by atoms with E-state index in [1.54, 1.807) is 6.92 Å². The van der Waals surface area contributed by atoms with Crippen molar-refractivity contribution < 1.29 is 8.42 Å². The fraction of sp³-hybridized carbons (Fsp3) is 0.900. The predicted molar refractivity (Wildman–Crippen MR) is 68.0 cm³/mol. The largest absolute Gasteiger partial charge is 0.387 e. The number of nitrogens with one attached hydrogen (secondary N) is 2. The molecule has 4 N–H and O–H groups in total. The molecule has 1 fully saturated rings. The molecule has 17 heavy (non-hydrogen) atoms. The third kappa shape index (κ3) is 4.25. The topological polar surface area (TPSA) is 99.3 Å². The Hall–Kier alpha value is -0.660. The molecule has 6 nitrogen and oxygen atoms in total. The molecule has 0 aromatic carbocycles. The number of nitrogens with zero attached hydrogens (tertiary/aromatic N) is 1. The third-order valence-corrected chi connectivity index (χ3v) is 4.61. The summed E-state index contributed by atoms with van der Waals surface area (Å²) in [5.74, 6) is 0.136. The van der Waals surface area contributed by atoms with E-state index < -0.39 is 10.2 Å². The molecule has 1 saturated heterocycles. The predicted octanol–water partition coefficient (Wildman–Crippen LogP) is 0.125. The SMILES string of the molecule is CC1CCCN(S(=O)(=O)NCC(C)C(=N)N)C1. The standard InChI is InChI=1S/C10H22N4O2S/c1-8-4-3-5-14(7-8)17(15,16)13-6-9(2)10(11)12/h8-9,13H,3-7H2,1-2H3,(H3,11,12). The highest BCUT2D eigenvalue weighted by Gasteiger charge is 2.27. The molecule has 2 atom stereocenters. The maximum atomic E-state index is 12.0. The van der Waals surface area contributed by atoms with Gasteiger partial charge >= 0.3 is 0 Å². The van der Waals surface area contributed by atoms with Crippen LogP contribution in [0.2, 0.25) is 0 Å². The molecule has 0 bridgehead atoms. The van der Waals surface area contributed by atoms with Crippen LogP contribution in [0.4, 0.5) is 0 Å². The molecular formula is C10H22N4O2S. The van der Waals surface area contributed by atoms with Gasteiger partial charge in [-0.15, -0.1) is 0 Å². The van der Waals surface area contributed by atoms with Gasteiger partial charge in [0, 0.05) is 25.6 Å². The van der Waals surface area contributed by atoms with Crippen molar-refractivity contribution in [3.8, 4) is 0 Å². The zero-order valence-electron chi connectivity index (χ0n) is 10.4. The third-order valence-electron chi connectivity index (χ3n) is 3.06. The van der Waals surface area contributed by atoms with Crippen molar-refractivity contribution in [2.45, 2.75) is 26.7 Å². The lowest BCUT2D eigenvalue weighted by Gasteiger charge is -2.30. The minimum atomic E-state index is -3.41. The normalized spacial score (nSPS) is 24.5. The van der Waals surface area contributed by atoms with Gasteiger partial charge in [0.25, 0.3) is 10.2 Å². The summed E-state index contributed by atoms with van der Waals surface area (Å²) >= 11 is 0. The molecule has 2 unspecified atom stereocenters. The van der Waals surface area contributed by atoms with Gasteiger partial charge < -0.3 is 5.73 Å². The fourth-order valence-electron chi connectivity index (χ4n) is 1.80. The van der Waals surface area contributed by atoms with Crippen LogP contribution in [0.1, 0.15) is 26.7 Å². The Morgan fingerprint density at radius 2 is 2.29 bits per heavy atom. The first-order valence-electron chi connectivity index (χ1n) is 5.91. The maximum absolute atomic E-state index is 12.0. The monoisotopic (exact) mass is 262 g/mol. The lowest BCUT2D eigenvalue weighted by Crippen LogP contribution is -2.47. The van der Waals surface area contributed by atoms with Gasteiger partial charge in [-0.3, -0.25) is 5.41 Å². The first kappa shape index (κ1) is 14.4. The molecule has 7 heteroatoms. The Bertz CT molecular complexity index is 369. The molecule has 0 saturated carbocycles. The molecular weight excluding hydrogens is 240 g/mol. The number of hydrogen-bond acceptors (Lipinski definition) is 3. The number of rotatable bonds is 5. The number of amidine groups is 1. The maximum Gasteiger partial charge on any atom is 0.279 e. The second kappa shape index (κ2) is 5.79. The van der Waals surface area contributed by atoms with Crippen molar-refractivity contribution in [1.82, 2.24) is 9.03 Å². The summed E-state index contributed by atoms with van der Waals surface area (Å²) in [6.45, 7) is 5.12. The Labute approximate surface area is 103 Å². The molecule has 0 aliphatic carbocycles. The molecule has 1 aliphatic heterocycles. The van der Waals surface area contributed by atoms with E-state index in [4.69, 9.17) is 11.1 Å². The quantitative estimate of drug-likeness (QED) is 0.485. The molecule has 0 aromatic heterocycles. The Kier molecular flexibility index (Phi) is 4.91. The first-order chi connectivity index (χ1) is 7.83. The van der Waals surface area contributed by atoms with E-state index in [1.165, 1.54) is 4.31 Å². The summed E-state index contributed by atoms with van der Waals surface area (Å²) < 4.78 is 27.9. The van der Waals surface area contributed by atoms with E-state index in [1.807, 2.05) is 0 Å². The average molecular weight is 262 g/mol. The Balaban J connectivity index is 2.53. The molecule has 1 rings (SSSR count). The van der Waals surface area contributed by atoms with Crippen LogP contribution in [0.5, 0.6) is 0 Å². The average Bonchev–Trinajstić information content (AvgIpc) is 2.26. The van der Waals surface area contributed by atoms with Crippen molar-refractivity contribution >= 4 is 16.0 Å². The van der Waals surface area contributed by atoms with E-state index in [0.717, 1.165) is 12.8 Å². The zero-order chi connectivity index (χ0) is 13.1. The first-order valence-corrected chi connectivity index (χ1v) is 7.35. The highest BCUT2D eigenvalue weighted by molar-refractivity contribution is 7.87. The number of piperidine rings is 1. The van der Waals surface area contributed by atoms with Crippen LogP contribution < -0.4 is 10.5 Å². The lowest BCUT2D eigenvalue weighted by molar-refractivity contribution is 0.278. The van der Waals surface area contributed by atoms with Crippen LogP contribution in [0, 0.1) is 17.2 Å². The second-order valence-electron chi connectivity index (χ2n) is 4.82. The van der Waals surface area contributed by atoms with Crippen LogP contribution in [-0.2, 0) is 10.2 Å². The van der Waals surface area contributed by atoms with Crippen LogP contribution in [0.15, 0.2) is 0 Å². The van der Waals surface area contributed by atoms with Gasteiger partial charge in [0.2, 0.25) is 0 Å². The highest BCUT2D eigenvalue weighted by Crippen LogP contribution is 2.17. The van der Waals surface area contributed by atoms with E-state index in [9.17, 15) is 8.42 Å². The van der Waals surface area contributed by atoms with Crippen molar-refractivity contribution in [1.29, 1.82) is 5.41 Å². The number of nitrogens with two attached hydrogens (primary N) is 1. The van der Waals surface area contributed by atoms with E-state index in [2.05, 4.69) is 11.6 Å². The summed E-state index contributed by atoms with van der Waals surface area (Å²) in [7, 11) is -3.41. The second-order valence-corrected chi connectivity index (χ2v) is 6.57. The van der Waals surface area contributed by atoms with Crippen molar-refractivity contribution in [3.05, 3.63) is 0 Å². The van der Waals surface area contributed by atoms with E-state index in [-0.39, 0.29) is 18.3 Å². The summed E-state index contributed by atoms with van der Waals surface area (Å²) in [6.07, 6.45) is 1.99. The fourth-order valence-corrected chi connectivity index (χ4v) is 3.26. The van der Waals surface area contributed by atoms with Crippen LogP contribution in [-0.4, -0.2) is 38.2 Å². The molecule has 0 spiro atoms. The Morgan fingerprint density at radius 1 is 1.65 bits per heavy atom. The summed E-state index contributed by atoms with van der Waals surface area (Å²) in [5, 5.41) is 7.21. The molecule has 1 heterocycles. The molecule has 0 radical (unpaired) electrons. The smallest absolute Gasteiger partial charge is 0.279 e. The number of hydrogen-bond donors (Lipinski definition) is 3. The van der Waals surface area contributed by atoms with Gasteiger partial charge in [-0.25, -0.2) is 4.72 Å². The lowest BCUT2D eigenvalue weighted by atomic mass is 10.0. The minimum absolute atomic E-state index is 0.000266. The van der Waals surface area contributed by atoms with Gasteiger partial charge in [-0.05, 0) is 18.8 Å². The van der Waals surface area contributed by atoms with Crippen molar-refractivity contribution in [2.24, 2.45) is 17.6 Å². The van der Waals surface area contributed by atoms with E-state index >= 15 is 0 Å². The zero-order valence-corrected chi connectivity index (χ0v) is 11.3. The molecule has 0 amide bonds. The van der Waals surface area contributed by atoms with Crippen molar-refractivity contribution in [3.63, 3.8) is 0 Å². The van der Waals surface area contributed by atoms with Crippen LogP contribution in [0.25, 0.3) is 0 Å². The van der Waals surface area contributed by atoms with Gasteiger partial charge in [0.15, 0.2) is 0 Å². The van der Waals surface area contributed by atoms with Gasteiger partial charge in [-0.1, -0.05) is 13.8 Å². The van der Waals surface area contributed by atoms with Crippen LogP contribution >= 0.6 is 0 Å². The summed E-state index contributed by atoms with van der Waals surface area (Å²) in [6, 6.07) is 0. The molecule has 100 valence electrons. The summed E-state index contributed by atoms with van der Waals surface area (Å²) in [5.41, 5.74) is 5.30. The van der Waals surface area contributed by atoms with Crippen LogP contribution in [0.3, 0.4) is 0 Å². The molecule has 1 aliphatic rings. The van der Waals surface area contributed by atoms with Gasteiger partial charge in [0.05, 0.1) is 5.84 Å². The van der Waals surface area contributed by atoms with Gasteiger partial charge in [0.1, 0.15) is 0 Å². The van der Waals surface area contributed by atoms with E-state index in [0.29, 0.717) is 19.0 Å². The minimum Gasteiger partial charge on any atom is -0.387 e. The van der Waals surface area contributed by atoms with Gasteiger partial charge in [-0.2, -0.15) is 12.7 Å². The van der Waals surface area contributed by atoms with Crippen molar-refractivity contribution in [2.75, 3.05) is 19.6 Å². The molecule has 0 aromatic rings.